The maximum Gasteiger partial charge on any atom is 0.187 e. The molecule has 0 fully saturated rings. The molecule has 0 aliphatic rings. The van der Waals surface area contributed by atoms with Gasteiger partial charge in [0.15, 0.2) is 8.45 Å². The standard InChI is InChI=1S/C9H20N3OP/c1-5-11(3)14(12(4)6-2)13-9-7-8-10/h5-7,9H2,1-4H3. The molecule has 0 saturated heterocycles. The van der Waals surface area contributed by atoms with E-state index in [-0.39, 0.29) is 0 Å². The molecular formula is C9H20N3OP. The molecule has 4 nitrogen and oxygen atoms in total. The molecule has 0 bridgehead atoms. The number of nitrogens with zero attached hydrogens (tertiary/aromatic N) is 3. The van der Waals surface area contributed by atoms with Crippen LogP contribution in [-0.4, -0.2) is 43.1 Å². The molecule has 0 amide bonds. The lowest BCUT2D eigenvalue weighted by Gasteiger charge is -2.32. The van der Waals surface area contributed by atoms with Gasteiger partial charge in [0.1, 0.15) is 0 Å². The molecule has 0 aromatic carbocycles. The Kier molecular flexibility index (Phi) is 8.02. The molecule has 0 rings (SSSR count). The predicted molar refractivity (Wildman–Crippen MR) is 59.7 cm³/mol. The van der Waals surface area contributed by atoms with E-state index in [1.54, 1.807) is 0 Å². The maximum atomic E-state index is 8.42. The molecule has 82 valence electrons. The Morgan fingerprint density at radius 2 is 1.71 bits per heavy atom. The Bertz CT molecular complexity index is 173. The second kappa shape index (κ2) is 8.14. The van der Waals surface area contributed by atoms with Crippen molar-refractivity contribution in [3.63, 3.8) is 0 Å². The van der Waals surface area contributed by atoms with E-state index >= 15 is 0 Å². The van der Waals surface area contributed by atoms with E-state index in [9.17, 15) is 0 Å². The highest BCUT2D eigenvalue weighted by Crippen LogP contribution is 2.42. The molecular weight excluding hydrogens is 197 g/mol. The van der Waals surface area contributed by atoms with Crippen molar-refractivity contribution >= 4 is 8.45 Å². The van der Waals surface area contributed by atoms with Gasteiger partial charge in [-0.1, -0.05) is 13.8 Å². The molecule has 0 aliphatic carbocycles. The van der Waals surface area contributed by atoms with Crippen molar-refractivity contribution in [1.82, 2.24) is 9.34 Å². The first-order valence-corrected chi connectivity index (χ1v) is 6.05. The fraction of sp³-hybridized carbons (Fsp3) is 0.889. The van der Waals surface area contributed by atoms with Crippen LogP contribution in [0.4, 0.5) is 0 Å². The van der Waals surface area contributed by atoms with Gasteiger partial charge in [0.05, 0.1) is 19.1 Å². The van der Waals surface area contributed by atoms with E-state index in [4.69, 9.17) is 9.79 Å². The van der Waals surface area contributed by atoms with Gasteiger partial charge in [-0.05, 0) is 14.1 Å². The van der Waals surface area contributed by atoms with E-state index in [0.29, 0.717) is 13.0 Å². The average Bonchev–Trinajstić information content (AvgIpc) is 2.22. The van der Waals surface area contributed by atoms with E-state index < -0.39 is 8.45 Å². The summed E-state index contributed by atoms with van der Waals surface area (Å²) in [7, 11) is 3.41. The summed E-state index contributed by atoms with van der Waals surface area (Å²) in [6, 6.07) is 2.09. The van der Waals surface area contributed by atoms with Crippen LogP contribution in [0.5, 0.6) is 0 Å². The normalized spacial score (nSPS) is 11.3. The predicted octanol–water partition coefficient (Wildman–Crippen LogP) is 2.05. The zero-order valence-electron chi connectivity index (χ0n) is 9.53. The van der Waals surface area contributed by atoms with E-state index in [2.05, 4.69) is 29.3 Å². The summed E-state index contributed by atoms with van der Waals surface area (Å²) in [5, 5.41) is 8.42. The van der Waals surface area contributed by atoms with Gasteiger partial charge in [0, 0.05) is 13.1 Å². The molecule has 0 radical (unpaired) electrons. The second-order valence-electron chi connectivity index (χ2n) is 2.94. The first-order valence-electron chi connectivity index (χ1n) is 4.89. The molecule has 0 spiro atoms. The van der Waals surface area contributed by atoms with Crippen LogP contribution in [0.25, 0.3) is 0 Å². The highest BCUT2D eigenvalue weighted by atomic mass is 31.2. The Balaban J connectivity index is 4.04. The Morgan fingerprint density at radius 3 is 2.07 bits per heavy atom. The van der Waals surface area contributed by atoms with Gasteiger partial charge in [-0.15, -0.1) is 0 Å². The zero-order chi connectivity index (χ0) is 11.0. The summed E-state index contributed by atoms with van der Waals surface area (Å²) in [6.45, 7) is 6.65. The summed E-state index contributed by atoms with van der Waals surface area (Å²) >= 11 is 0. The van der Waals surface area contributed by atoms with Crippen LogP contribution in [0.3, 0.4) is 0 Å². The smallest absolute Gasteiger partial charge is 0.187 e. The lowest BCUT2D eigenvalue weighted by Crippen LogP contribution is -2.24. The minimum absolute atomic E-state index is 0.466. The van der Waals surface area contributed by atoms with Crippen molar-refractivity contribution in [1.29, 1.82) is 5.26 Å². The van der Waals surface area contributed by atoms with Gasteiger partial charge in [0.25, 0.3) is 0 Å². The molecule has 0 aromatic heterocycles. The van der Waals surface area contributed by atoms with Gasteiger partial charge < -0.3 is 4.52 Å². The van der Waals surface area contributed by atoms with Gasteiger partial charge in [-0.3, -0.25) is 9.34 Å². The third-order valence-corrected chi connectivity index (χ3v) is 4.07. The van der Waals surface area contributed by atoms with Gasteiger partial charge in [0.2, 0.25) is 0 Å². The summed E-state index contributed by atoms with van der Waals surface area (Å²) in [4.78, 5) is 0. The number of rotatable bonds is 7. The van der Waals surface area contributed by atoms with Crippen LogP contribution in [0.15, 0.2) is 0 Å². The van der Waals surface area contributed by atoms with Crippen LogP contribution in [0.2, 0.25) is 0 Å². The van der Waals surface area contributed by atoms with Crippen LogP contribution >= 0.6 is 8.45 Å². The van der Waals surface area contributed by atoms with Gasteiger partial charge >= 0.3 is 0 Å². The van der Waals surface area contributed by atoms with Crippen molar-refractivity contribution < 1.29 is 4.52 Å². The van der Waals surface area contributed by atoms with Crippen molar-refractivity contribution in [2.45, 2.75) is 20.3 Å². The lowest BCUT2D eigenvalue weighted by molar-refractivity contribution is 0.289. The Hall–Kier alpha value is -0.200. The van der Waals surface area contributed by atoms with Crippen LogP contribution in [0, 0.1) is 11.3 Å². The molecule has 0 heterocycles. The monoisotopic (exact) mass is 217 g/mol. The lowest BCUT2D eigenvalue weighted by atomic mass is 10.5. The number of nitriles is 1. The molecule has 0 unspecified atom stereocenters. The average molecular weight is 217 g/mol. The van der Waals surface area contributed by atoms with Crippen molar-refractivity contribution in [3.8, 4) is 6.07 Å². The largest absolute Gasteiger partial charge is 0.330 e. The first-order chi connectivity index (χ1) is 6.67. The van der Waals surface area contributed by atoms with E-state index in [1.807, 2.05) is 14.1 Å². The van der Waals surface area contributed by atoms with Gasteiger partial charge in [-0.25, -0.2) is 0 Å². The maximum absolute atomic E-state index is 8.42. The topological polar surface area (TPSA) is 39.5 Å². The van der Waals surface area contributed by atoms with Crippen LogP contribution < -0.4 is 0 Å². The minimum atomic E-state index is -0.679. The molecule has 5 heteroatoms. The highest BCUT2D eigenvalue weighted by molar-refractivity contribution is 7.47. The van der Waals surface area contributed by atoms with Crippen molar-refractivity contribution in [2.24, 2.45) is 0 Å². The Morgan fingerprint density at radius 1 is 1.21 bits per heavy atom. The molecule has 0 aliphatic heterocycles. The van der Waals surface area contributed by atoms with Crippen molar-refractivity contribution in [2.75, 3.05) is 33.8 Å². The number of hydrogen-bond donors (Lipinski definition) is 0. The fourth-order valence-corrected chi connectivity index (χ4v) is 2.53. The van der Waals surface area contributed by atoms with Crippen LogP contribution in [0.1, 0.15) is 20.3 Å². The minimum Gasteiger partial charge on any atom is -0.330 e. The first kappa shape index (κ1) is 13.8. The van der Waals surface area contributed by atoms with Crippen molar-refractivity contribution in [3.05, 3.63) is 0 Å². The second-order valence-corrected chi connectivity index (χ2v) is 5.07. The van der Waals surface area contributed by atoms with E-state index in [1.165, 1.54) is 0 Å². The van der Waals surface area contributed by atoms with Crippen LogP contribution in [-0.2, 0) is 4.52 Å². The molecule has 0 atom stereocenters. The molecule has 0 aromatic rings. The summed E-state index contributed by atoms with van der Waals surface area (Å²) in [6.07, 6.45) is 0.466. The molecule has 14 heavy (non-hydrogen) atoms. The van der Waals surface area contributed by atoms with Gasteiger partial charge in [-0.2, -0.15) is 5.26 Å². The summed E-state index contributed by atoms with van der Waals surface area (Å²) < 4.78 is 10.0. The zero-order valence-corrected chi connectivity index (χ0v) is 10.4. The third kappa shape index (κ3) is 4.88. The SMILES string of the molecule is CCN(C)P(OCCC#N)N(C)CC. The molecule has 0 N–H and O–H groups in total. The quantitative estimate of drug-likeness (QED) is 0.483. The highest BCUT2D eigenvalue weighted by Gasteiger charge is 2.18. The third-order valence-electron chi connectivity index (χ3n) is 1.92. The molecule has 0 saturated carbocycles. The number of hydrogen-bond acceptors (Lipinski definition) is 4. The Labute approximate surface area is 88.4 Å². The van der Waals surface area contributed by atoms with E-state index in [0.717, 1.165) is 13.1 Å². The summed E-state index contributed by atoms with van der Waals surface area (Å²) in [5.74, 6) is 0. The fourth-order valence-electron chi connectivity index (χ4n) is 0.873. The summed E-state index contributed by atoms with van der Waals surface area (Å²) in [5.41, 5.74) is 0.